The van der Waals surface area contributed by atoms with Gasteiger partial charge in [0.1, 0.15) is 11.3 Å². The number of halogens is 1. The maximum atomic E-state index is 10.9. The van der Waals surface area contributed by atoms with E-state index in [2.05, 4.69) is 0 Å². The van der Waals surface area contributed by atoms with Crippen LogP contribution in [0.4, 0.5) is 0 Å². The maximum Gasteiger partial charge on any atom is 0.339 e. The van der Waals surface area contributed by atoms with Crippen molar-refractivity contribution in [2.45, 2.75) is 19.3 Å². The number of aryl methyl sites for hydroxylation is 2. The van der Waals surface area contributed by atoms with Gasteiger partial charge in [0.25, 0.3) is 0 Å². The van der Waals surface area contributed by atoms with Crippen LogP contribution in [0.15, 0.2) is 12.1 Å². The van der Waals surface area contributed by atoms with Crippen molar-refractivity contribution in [3.05, 3.63) is 28.8 Å². The molecule has 15 heavy (non-hydrogen) atoms. The van der Waals surface area contributed by atoms with E-state index in [-0.39, 0.29) is 18.0 Å². The number of rotatable bonds is 2. The number of methoxy groups -OCH3 is 1. The fraction of sp³-hybridized carbons (Fsp3) is 0.364. The summed E-state index contributed by atoms with van der Waals surface area (Å²) in [7, 11) is 1.50. The number of ether oxygens (including phenoxy) is 1. The van der Waals surface area contributed by atoms with Gasteiger partial charge in [0.15, 0.2) is 0 Å². The van der Waals surface area contributed by atoms with E-state index in [4.69, 9.17) is 9.84 Å². The molecule has 2 rings (SSSR count). The third-order valence-electron chi connectivity index (χ3n) is 2.64. The molecule has 0 bridgehead atoms. The summed E-state index contributed by atoms with van der Waals surface area (Å²) >= 11 is 0. The van der Waals surface area contributed by atoms with Gasteiger partial charge in [-0.15, -0.1) is 12.4 Å². The lowest BCUT2D eigenvalue weighted by molar-refractivity contribution is 0.0693. The first-order valence-electron chi connectivity index (χ1n) is 4.65. The normalized spacial score (nSPS) is 12.9. The maximum absolute atomic E-state index is 10.9. The summed E-state index contributed by atoms with van der Waals surface area (Å²) in [4.78, 5) is 10.9. The average molecular weight is 229 g/mol. The van der Waals surface area contributed by atoms with E-state index in [1.54, 1.807) is 6.07 Å². The van der Waals surface area contributed by atoms with Crippen LogP contribution in [0, 0.1) is 0 Å². The van der Waals surface area contributed by atoms with Crippen LogP contribution in [0.2, 0.25) is 0 Å². The van der Waals surface area contributed by atoms with Crippen molar-refractivity contribution in [3.8, 4) is 5.75 Å². The minimum atomic E-state index is -0.920. The van der Waals surface area contributed by atoms with Crippen LogP contribution in [-0.2, 0) is 12.8 Å². The lowest BCUT2D eigenvalue weighted by Crippen LogP contribution is -2.02. The highest BCUT2D eigenvalue weighted by molar-refractivity contribution is 5.91. The Kier molecular flexibility index (Phi) is 3.58. The van der Waals surface area contributed by atoms with Crippen LogP contribution < -0.4 is 4.74 Å². The van der Waals surface area contributed by atoms with Gasteiger partial charge in [-0.3, -0.25) is 0 Å². The van der Waals surface area contributed by atoms with E-state index >= 15 is 0 Å². The van der Waals surface area contributed by atoms with Crippen LogP contribution in [0.25, 0.3) is 0 Å². The molecule has 1 aromatic carbocycles. The third kappa shape index (κ3) is 2.07. The Morgan fingerprint density at radius 2 is 1.93 bits per heavy atom. The lowest BCUT2D eigenvalue weighted by Gasteiger charge is -2.07. The van der Waals surface area contributed by atoms with Crippen LogP contribution in [0.5, 0.6) is 5.75 Å². The van der Waals surface area contributed by atoms with E-state index in [1.165, 1.54) is 12.7 Å². The molecular formula is C11H13ClO3. The number of carboxylic acids is 1. The minimum absolute atomic E-state index is 0. The number of benzene rings is 1. The van der Waals surface area contributed by atoms with E-state index in [0.29, 0.717) is 5.75 Å². The predicted molar refractivity (Wildman–Crippen MR) is 59.2 cm³/mol. The molecule has 0 aromatic heterocycles. The first-order chi connectivity index (χ1) is 6.72. The molecule has 0 spiro atoms. The summed E-state index contributed by atoms with van der Waals surface area (Å²) in [6.07, 6.45) is 3.13. The smallest absolute Gasteiger partial charge is 0.339 e. The lowest BCUT2D eigenvalue weighted by atomic mass is 10.1. The number of hydrogen-bond acceptors (Lipinski definition) is 2. The van der Waals surface area contributed by atoms with E-state index in [1.807, 2.05) is 6.07 Å². The van der Waals surface area contributed by atoms with Crippen LogP contribution in [0.3, 0.4) is 0 Å². The molecule has 0 amide bonds. The van der Waals surface area contributed by atoms with Crippen LogP contribution in [-0.4, -0.2) is 18.2 Å². The zero-order valence-electron chi connectivity index (χ0n) is 8.45. The van der Waals surface area contributed by atoms with Crippen molar-refractivity contribution in [3.63, 3.8) is 0 Å². The molecule has 0 aliphatic heterocycles. The second-order valence-corrected chi connectivity index (χ2v) is 3.48. The monoisotopic (exact) mass is 228 g/mol. The topological polar surface area (TPSA) is 46.5 Å². The van der Waals surface area contributed by atoms with Crippen molar-refractivity contribution in [2.75, 3.05) is 7.11 Å². The molecule has 0 atom stereocenters. The molecule has 0 saturated carbocycles. The highest BCUT2D eigenvalue weighted by Gasteiger charge is 2.18. The number of carbonyl (C=O) groups is 1. The van der Waals surface area contributed by atoms with Crippen LogP contribution in [0.1, 0.15) is 27.9 Å². The van der Waals surface area contributed by atoms with Crippen molar-refractivity contribution in [2.24, 2.45) is 0 Å². The highest BCUT2D eigenvalue weighted by Crippen LogP contribution is 2.29. The molecule has 1 aromatic rings. The molecule has 4 heteroatoms. The first kappa shape index (κ1) is 11.9. The fourth-order valence-electron chi connectivity index (χ4n) is 1.94. The number of carboxylic acid groups (broad SMARTS) is 1. The van der Waals surface area contributed by atoms with Gasteiger partial charge < -0.3 is 9.84 Å². The quantitative estimate of drug-likeness (QED) is 0.845. The molecular weight excluding hydrogens is 216 g/mol. The fourth-order valence-corrected chi connectivity index (χ4v) is 1.94. The van der Waals surface area contributed by atoms with Gasteiger partial charge in [0.2, 0.25) is 0 Å². The highest BCUT2D eigenvalue weighted by atomic mass is 35.5. The molecule has 0 saturated heterocycles. The summed E-state index contributed by atoms with van der Waals surface area (Å²) in [6.45, 7) is 0. The SMILES string of the molecule is COc1cc2c(cc1C(=O)O)CCC2.Cl. The molecule has 0 fully saturated rings. The zero-order valence-corrected chi connectivity index (χ0v) is 9.26. The number of aromatic carboxylic acids is 1. The Bertz CT molecular complexity index is 388. The molecule has 1 N–H and O–H groups in total. The van der Waals surface area contributed by atoms with Crippen molar-refractivity contribution in [1.29, 1.82) is 0 Å². The largest absolute Gasteiger partial charge is 0.496 e. The Balaban J connectivity index is 0.00000112. The van der Waals surface area contributed by atoms with Gasteiger partial charge >= 0.3 is 5.97 Å². The number of hydrogen-bond donors (Lipinski definition) is 1. The van der Waals surface area contributed by atoms with E-state index in [0.717, 1.165) is 24.8 Å². The van der Waals surface area contributed by atoms with E-state index in [9.17, 15) is 4.79 Å². The second kappa shape index (κ2) is 4.53. The Morgan fingerprint density at radius 1 is 1.33 bits per heavy atom. The number of fused-ring (bicyclic) bond motifs is 1. The van der Waals surface area contributed by atoms with Gasteiger partial charge in [-0.2, -0.15) is 0 Å². The van der Waals surface area contributed by atoms with Gasteiger partial charge in [0, 0.05) is 0 Å². The molecule has 1 aliphatic carbocycles. The third-order valence-corrected chi connectivity index (χ3v) is 2.64. The summed E-state index contributed by atoms with van der Waals surface area (Å²) in [5.74, 6) is -0.449. The first-order valence-corrected chi connectivity index (χ1v) is 4.65. The molecule has 1 aliphatic rings. The summed E-state index contributed by atoms with van der Waals surface area (Å²) in [6, 6.07) is 3.59. The Hall–Kier alpha value is -1.22. The van der Waals surface area contributed by atoms with Gasteiger partial charge in [-0.1, -0.05) is 0 Å². The summed E-state index contributed by atoms with van der Waals surface area (Å²) < 4.78 is 5.05. The second-order valence-electron chi connectivity index (χ2n) is 3.48. The van der Waals surface area contributed by atoms with Crippen molar-refractivity contribution < 1.29 is 14.6 Å². The molecule has 3 nitrogen and oxygen atoms in total. The van der Waals surface area contributed by atoms with Crippen molar-refractivity contribution in [1.82, 2.24) is 0 Å². The predicted octanol–water partition coefficient (Wildman–Crippen LogP) is 2.30. The van der Waals surface area contributed by atoms with E-state index < -0.39 is 5.97 Å². The van der Waals surface area contributed by atoms with Crippen molar-refractivity contribution >= 4 is 18.4 Å². The molecule has 82 valence electrons. The van der Waals surface area contributed by atoms with Gasteiger partial charge in [0.05, 0.1) is 7.11 Å². The molecule has 0 heterocycles. The summed E-state index contributed by atoms with van der Waals surface area (Å²) in [5, 5.41) is 8.95. The van der Waals surface area contributed by atoms with Gasteiger partial charge in [-0.05, 0) is 42.5 Å². The van der Waals surface area contributed by atoms with Gasteiger partial charge in [-0.25, -0.2) is 4.79 Å². The summed E-state index contributed by atoms with van der Waals surface area (Å²) in [5.41, 5.74) is 2.66. The Morgan fingerprint density at radius 3 is 2.47 bits per heavy atom. The zero-order chi connectivity index (χ0) is 10.1. The Labute approximate surface area is 94.5 Å². The molecule has 0 unspecified atom stereocenters. The van der Waals surface area contributed by atoms with Crippen LogP contribution >= 0.6 is 12.4 Å². The standard InChI is InChI=1S/C11H12O3.ClH/c1-14-10-6-8-4-2-3-7(8)5-9(10)11(12)13;/h5-6H,2-4H2,1H3,(H,12,13);1H. The minimum Gasteiger partial charge on any atom is -0.496 e. The average Bonchev–Trinajstić information content (AvgIpc) is 2.62. The molecule has 0 radical (unpaired) electrons.